The van der Waals surface area contributed by atoms with Gasteiger partial charge < -0.3 is 9.84 Å². The summed E-state index contributed by atoms with van der Waals surface area (Å²) >= 11 is 1.08. The van der Waals surface area contributed by atoms with Crippen molar-refractivity contribution < 1.29 is 19.4 Å². The molecule has 70 valence electrons. The Morgan fingerprint density at radius 2 is 2.15 bits per heavy atom. The Kier molecular flexibility index (Phi) is 2.67. The third kappa shape index (κ3) is 1.70. The average Bonchev–Trinajstić information content (AvgIpc) is 2.46. The van der Waals surface area contributed by atoms with E-state index in [1.807, 2.05) is 0 Å². The number of esters is 1. The smallest absolute Gasteiger partial charge is 0.348 e. The van der Waals surface area contributed by atoms with E-state index < -0.39 is 11.9 Å². The summed E-state index contributed by atoms with van der Waals surface area (Å²) in [6, 6.07) is 0. The number of ether oxygens (including phenoxy) is 1. The first-order valence-corrected chi connectivity index (χ1v) is 4.35. The van der Waals surface area contributed by atoms with Crippen LogP contribution in [0.15, 0.2) is 5.38 Å². The summed E-state index contributed by atoms with van der Waals surface area (Å²) < 4.78 is 4.49. The van der Waals surface area contributed by atoms with Crippen LogP contribution in [0.5, 0.6) is 0 Å². The Morgan fingerprint density at radius 1 is 1.54 bits per heavy atom. The van der Waals surface area contributed by atoms with Crippen LogP contribution in [-0.2, 0) is 4.74 Å². The molecule has 0 saturated carbocycles. The summed E-state index contributed by atoms with van der Waals surface area (Å²) in [5.74, 6) is -1.51. The summed E-state index contributed by atoms with van der Waals surface area (Å²) in [5.41, 5.74) is 0.620. The van der Waals surface area contributed by atoms with Gasteiger partial charge in [-0.2, -0.15) is 0 Å². The number of aromatic carboxylic acids is 1. The molecular weight excluding hydrogens is 192 g/mol. The molecule has 4 nitrogen and oxygen atoms in total. The first-order valence-electron chi connectivity index (χ1n) is 3.47. The third-order valence-corrected chi connectivity index (χ3v) is 2.70. The second-order valence-corrected chi connectivity index (χ2v) is 3.28. The molecule has 0 fully saturated rings. The molecule has 0 saturated heterocycles. The van der Waals surface area contributed by atoms with Crippen LogP contribution in [0.4, 0.5) is 0 Å². The van der Waals surface area contributed by atoms with Crippen molar-refractivity contribution in [3.05, 3.63) is 21.4 Å². The number of methoxy groups -OCH3 is 1. The number of hydrogen-bond donors (Lipinski definition) is 1. The molecule has 0 aromatic carbocycles. The van der Waals surface area contributed by atoms with Gasteiger partial charge in [0.25, 0.3) is 0 Å². The van der Waals surface area contributed by atoms with Crippen molar-refractivity contribution in [2.45, 2.75) is 6.92 Å². The van der Waals surface area contributed by atoms with Crippen LogP contribution in [-0.4, -0.2) is 24.2 Å². The third-order valence-electron chi connectivity index (χ3n) is 1.64. The summed E-state index contributed by atoms with van der Waals surface area (Å²) in [4.78, 5) is 22.0. The minimum atomic E-state index is -1.02. The monoisotopic (exact) mass is 200 g/mol. The van der Waals surface area contributed by atoms with Crippen molar-refractivity contribution in [2.75, 3.05) is 7.11 Å². The Labute approximate surface area is 78.8 Å². The van der Waals surface area contributed by atoms with Crippen molar-refractivity contribution in [1.82, 2.24) is 0 Å². The number of carboxylic acid groups (broad SMARTS) is 1. The maximum absolute atomic E-state index is 11.1. The second-order valence-electron chi connectivity index (χ2n) is 2.40. The molecule has 0 spiro atoms. The largest absolute Gasteiger partial charge is 0.478 e. The van der Waals surface area contributed by atoms with Gasteiger partial charge in [0.1, 0.15) is 4.88 Å². The molecule has 1 aromatic rings. The molecule has 1 rings (SSSR count). The lowest BCUT2D eigenvalue weighted by molar-refractivity contribution is 0.0605. The van der Waals surface area contributed by atoms with Gasteiger partial charge in [-0.05, 0) is 12.5 Å². The Morgan fingerprint density at radius 3 is 2.54 bits per heavy atom. The molecule has 5 heteroatoms. The highest BCUT2D eigenvalue weighted by Crippen LogP contribution is 2.22. The van der Waals surface area contributed by atoms with E-state index in [0.717, 1.165) is 11.3 Å². The van der Waals surface area contributed by atoms with Crippen LogP contribution in [0, 0.1) is 6.92 Å². The fourth-order valence-electron chi connectivity index (χ4n) is 0.922. The van der Waals surface area contributed by atoms with E-state index in [1.54, 1.807) is 6.92 Å². The quantitative estimate of drug-likeness (QED) is 0.735. The fraction of sp³-hybridized carbons (Fsp3) is 0.250. The highest BCUT2D eigenvalue weighted by atomic mass is 32.1. The number of rotatable bonds is 2. The van der Waals surface area contributed by atoms with Gasteiger partial charge in [0.2, 0.25) is 0 Å². The molecule has 1 heterocycles. The van der Waals surface area contributed by atoms with E-state index in [0.29, 0.717) is 10.4 Å². The highest BCUT2D eigenvalue weighted by molar-refractivity contribution is 7.12. The average molecular weight is 200 g/mol. The normalized spacial score (nSPS) is 9.69. The Hall–Kier alpha value is -1.36. The molecular formula is C8H8O4S. The van der Waals surface area contributed by atoms with Crippen molar-refractivity contribution >= 4 is 23.3 Å². The van der Waals surface area contributed by atoms with E-state index in [2.05, 4.69) is 4.74 Å². The summed E-state index contributed by atoms with van der Waals surface area (Å²) in [6.07, 6.45) is 0. The predicted molar refractivity (Wildman–Crippen MR) is 47.4 cm³/mol. The lowest BCUT2D eigenvalue weighted by atomic mass is 10.2. The topological polar surface area (TPSA) is 63.6 Å². The Bertz CT molecular complexity index is 353. The minimum absolute atomic E-state index is 0.158. The van der Waals surface area contributed by atoms with E-state index in [1.165, 1.54) is 12.5 Å². The predicted octanol–water partition coefficient (Wildman–Crippen LogP) is 1.54. The molecule has 0 aliphatic carbocycles. The molecule has 1 N–H and O–H groups in total. The summed E-state index contributed by atoms with van der Waals surface area (Å²) in [5, 5.41) is 10.1. The Balaban J connectivity index is 3.13. The van der Waals surface area contributed by atoms with Gasteiger partial charge in [-0.25, -0.2) is 9.59 Å². The molecule has 0 atom stereocenters. The van der Waals surface area contributed by atoms with Crippen LogP contribution in [0.3, 0.4) is 0 Å². The summed E-state index contributed by atoms with van der Waals surface area (Å²) in [7, 11) is 1.27. The van der Waals surface area contributed by atoms with Crippen LogP contribution in [0.25, 0.3) is 0 Å². The van der Waals surface area contributed by atoms with E-state index >= 15 is 0 Å². The van der Waals surface area contributed by atoms with Gasteiger partial charge in [-0.1, -0.05) is 0 Å². The van der Waals surface area contributed by atoms with Crippen molar-refractivity contribution in [3.63, 3.8) is 0 Å². The zero-order chi connectivity index (χ0) is 10.0. The van der Waals surface area contributed by atoms with Gasteiger partial charge in [-0.3, -0.25) is 0 Å². The number of thiophene rings is 1. The van der Waals surface area contributed by atoms with Gasteiger partial charge in [0.15, 0.2) is 0 Å². The van der Waals surface area contributed by atoms with Crippen LogP contribution in [0.1, 0.15) is 25.6 Å². The SMILES string of the molecule is COC(=O)c1scc(C(=O)O)c1C. The zero-order valence-electron chi connectivity index (χ0n) is 7.16. The zero-order valence-corrected chi connectivity index (χ0v) is 7.97. The lowest BCUT2D eigenvalue weighted by Crippen LogP contribution is -2.02. The van der Waals surface area contributed by atoms with E-state index in [-0.39, 0.29) is 5.56 Å². The molecule has 0 amide bonds. The van der Waals surface area contributed by atoms with Gasteiger partial charge in [0.05, 0.1) is 12.7 Å². The standard InChI is InChI=1S/C8H8O4S/c1-4-5(7(9)10)3-13-6(4)8(11)12-2/h3H,1-2H3,(H,9,10). The number of carbonyl (C=O) groups is 2. The maximum atomic E-state index is 11.1. The maximum Gasteiger partial charge on any atom is 0.348 e. The first-order chi connectivity index (χ1) is 6.07. The molecule has 0 unspecified atom stereocenters. The van der Waals surface area contributed by atoms with Crippen LogP contribution < -0.4 is 0 Å². The number of hydrogen-bond acceptors (Lipinski definition) is 4. The molecule has 0 aliphatic heterocycles. The highest BCUT2D eigenvalue weighted by Gasteiger charge is 2.18. The molecule has 0 radical (unpaired) electrons. The van der Waals surface area contributed by atoms with Gasteiger partial charge in [0, 0.05) is 5.38 Å². The summed E-state index contributed by atoms with van der Waals surface area (Å²) in [6.45, 7) is 1.59. The fourth-order valence-corrected chi connectivity index (χ4v) is 1.90. The first kappa shape index (κ1) is 9.73. The van der Waals surface area contributed by atoms with Crippen molar-refractivity contribution in [1.29, 1.82) is 0 Å². The lowest BCUT2D eigenvalue weighted by Gasteiger charge is -1.96. The van der Waals surface area contributed by atoms with E-state index in [9.17, 15) is 9.59 Å². The number of carboxylic acids is 1. The molecule has 0 bridgehead atoms. The molecule has 13 heavy (non-hydrogen) atoms. The van der Waals surface area contributed by atoms with Crippen molar-refractivity contribution in [2.24, 2.45) is 0 Å². The van der Waals surface area contributed by atoms with Crippen molar-refractivity contribution in [3.8, 4) is 0 Å². The second kappa shape index (κ2) is 3.57. The van der Waals surface area contributed by atoms with Crippen LogP contribution in [0.2, 0.25) is 0 Å². The molecule has 1 aromatic heterocycles. The van der Waals surface area contributed by atoms with Gasteiger partial charge in [-0.15, -0.1) is 11.3 Å². The minimum Gasteiger partial charge on any atom is -0.478 e. The van der Waals surface area contributed by atoms with Crippen LogP contribution >= 0.6 is 11.3 Å². The number of carbonyl (C=O) groups excluding carboxylic acids is 1. The van der Waals surface area contributed by atoms with E-state index in [4.69, 9.17) is 5.11 Å². The molecule has 0 aliphatic rings. The van der Waals surface area contributed by atoms with Gasteiger partial charge >= 0.3 is 11.9 Å².